The number of morpholine rings is 1. The highest BCUT2D eigenvalue weighted by Crippen LogP contribution is 2.22. The van der Waals surface area contributed by atoms with Crippen LogP contribution in [0.5, 0.6) is 0 Å². The number of amides is 2. The van der Waals surface area contributed by atoms with E-state index in [0.717, 1.165) is 17.7 Å². The normalized spacial score (nSPS) is 16.0. The van der Waals surface area contributed by atoms with Crippen LogP contribution in [0.2, 0.25) is 0 Å². The molecule has 0 saturated carbocycles. The zero-order valence-corrected chi connectivity index (χ0v) is 14.6. The summed E-state index contributed by atoms with van der Waals surface area (Å²) in [5, 5.41) is 5.06. The Hall–Kier alpha value is -2.58. The minimum Gasteiger partial charge on any atom is -0.379 e. The van der Waals surface area contributed by atoms with Crippen molar-refractivity contribution in [3.8, 4) is 0 Å². The first-order valence-electron chi connectivity index (χ1n) is 8.60. The maximum Gasteiger partial charge on any atom is 0.319 e. The van der Waals surface area contributed by atoms with Crippen molar-refractivity contribution in [3.63, 3.8) is 0 Å². The summed E-state index contributed by atoms with van der Waals surface area (Å²) >= 11 is 0. The van der Waals surface area contributed by atoms with Crippen LogP contribution in [-0.2, 0) is 4.74 Å². The Morgan fingerprint density at radius 3 is 2.37 bits per heavy atom. The van der Waals surface area contributed by atoms with E-state index in [4.69, 9.17) is 4.74 Å². The Balaban J connectivity index is 1.66. The maximum absolute atomic E-state index is 13.7. The molecule has 2 aromatic rings. The number of halogens is 3. The largest absolute Gasteiger partial charge is 0.379 e. The minimum absolute atomic E-state index is 0.112. The van der Waals surface area contributed by atoms with E-state index in [1.165, 1.54) is 12.1 Å². The van der Waals surface area contributed by atoms with E-state index < -0.39 is 17.7 Å². The Labute approximate surface area is 155 Å². The fourth-order valence-corrected chi connectivity index (χ4v) is 2.98. The SMILES string of the molecule is O=C(NC[C@H](c1ccc(F)cc1)N1CCOCC1)Nc1ccc(F)cc1F. The van der Waals surface area contributed by atoms with Crippen LogP contribution in [0.3, 0.4) is 0 Å². The fraction of sp³-hybridized carbons (Fsp3) is 0.316. The Bertz CT molecular complexity index is 780. The first-order valence-corrected chi connectivity index (χ1v) is 8.60. The Kier molecular flexibility index (Phi) is 6.31. The Morgan fingerprint density at radius 2 is 1.70 bits per heavy atom. The number of anilines is 1. The van der Waals surface area contributed by atoms with Gasteiger partial charge in [-0.3, -0.25) is 4.90 Å². The van der Waals surface area contributed by atoms with E-state index >= 15 is 0 Å². The molecule has 2 aromatic carbocycles. The third-order valence-corrected chi connectivity index (χ3v) is 4.38. The zero-order chi connectivity index (χ0) is 19.2. The van der Waals surface area contributed by atoms with Crippen LogP contribution in [-0.4, -0.2) is 43.8 Å². The number of hydrogen-bond donors (Lipinski definition) is 2. The van der Waals surface area contributed by atoms with Crippen LogP contribution in [0.4, 0.5) is 23.7 Å². The van der Waals surface area contributed by atoms with Crippen LogP contribution in [0, 0.1) is 17.5 Å². The minimum atomic E-state index is -0.853. The van der Waals surface area contributed by atoms with Crippen LogP contribution in [0.15, 0.2) is 42.5 Å². The number of nitrogens with one attached hydrogen (secondary N) is 2. The molecule has 5 nitrogen and oxygen atoms in total. The summed E-state index contributed by atoms with van der Waals surface area (Å²) in [5.41, 5.74) is 0.741. The molecule has 1 saturated heterocycles. The molecule has 1 aliphatic heterocycles. The van der Waals surface area contributed by atoms with Gasteiger partial charge in [0, 0.05) is 25.7 Å². The monoisotopic (exact) mass is 379 g/mol. The average molecular weight is 379 g/mol. The summed E-state index contributed by atoms with van der Waals surface area (Å²) in [7, 11) is 0. The smallest absolute Gasteiger partial charge is 0.319 e. The maximum atomic E-state index is 13.7. The van der Waals surface area contributed by atoms with Gasteiger partial charge in [-0.25, -0.2) is 18.0 Å². The predicted octanol–water partition coefficient (Wildman–Crippen LogP) is 3.30. The number of nitrogens with zero attached hydrogens (tertiary/aromatic N) is 1. The second kappa shape index (κ2) is 8.88. The molecule has 8 heteroatoms. The third kappa shape index (κ3) is 5.21. The average Bonchev–Trinajstić information content (AvgIpc) is 2.66. The molecule has 0 spiro atoms. The van der Waals surface area contributed by atoms with Gasteiger partial charge >= 0.3 is 6.03 Å². The van der Waals surface area contributed by atoms with Gasteiger partial charge < -0.3 is 15.4 Å². The van der Waals surface area contributed by atoms with Crippen LogP contribution < -0.4 is 10.6 Å². The van der Waals surface area contributed by atoms with Crippen LogP contribution in [0.25, 0.3) is 0 Å². The zero-order valence-electron chi connectivity index (χ0n) is 14.6. The lowest BCUT2D eigenvalue weighted by atomic mass is 10.0. The molecule has 144 valence electrons. The van der Waals surface area contributed by atoms with E-state index in [-0.39, 0.29) is 24.1 Å². The van der Waals surface area contributed by atoms with Gasteiger partial charge in [0.25, 0.3) is 0 Å². The summed E-state index contributed by atoms with van der Waals surface area (Å²) in [4.78, 5) is 14.3. The lowest BCUT2D eigenvalue weighted by molar-refractivity contribution is 0.0167. The molecule has 27 heavy (non-hydrogen) atoms. The number of carbonyl (C=O) groups is 1. The number of ether oxygens (including phenoxy) is 1. The molecule has 1 aliphatic rings. The van der Waals surface area contributed by atoms with Gasteiger partial charge in [0.1, 0.15) is 17.5 Å². The van der Waals surface area contributed by atoms with E-state index in [1.807, 2.05) is 0 Å². The molecule has 2 amide bonds. The third-order valence-electron chi connectivity index (χ3n) is 4.38. The highest BCUT2D eigenvalue weighted by molar-refractivity contribution is 5.89. The molecule has 0 radical (unpaired) electrons. The number of carbonyl (C=O) groups excluding carboxylic acids is 1. The first kappa shape index (κ1) is 19.2. The van der Waals surface area contributed by atoms with Crippen molar-refractivity contribution in [1.29, 1.82) is 0 Å². The van der Waals surface area contributed by atoms with Crippen molar-refractivity contribution in [2.45, 2.75) is 6.04 Å². The lowest BCUT2D eigenvalue weighted by Gasteiger charge is -2.35. The first-order chi connectivity index (χ1) is 13.0. The van der Waals surface area contributed by atoms with E-state index in [1.54, 1.807) is 12.1 Å². The summed E-state index contributed by atoms with van der Waals surface area (Å²) in [6.45, 7) is 2.74. The van der Waals surface area contributed by atoms with Gasteiger partial charge in [0.15, 0.2) is 0 Å². The second-order valence-electron chi connectivity index (χ2n) is 6.17. The van der Waals surface area contributed by atoms with Crippen molar-refractivity contribution < 1.29 is 22.7 Å². The number of benzene rings is 2. The lowest BCUT2D eigenvalue weighted by Crippen LogP contribution is -2.44. The standard InChI is InChI=1S/C19H20F3N3O2/c20-14-3-1-13(2-4-14)18(25-7-9-27-10-8-25)12-23-19(26)24-17-6-5-15(21)11-16(17)22/h1-6,11,18H,7-10,12H2,(H2,23,24,26)/t18-/m1/s1. The predicted molar refractivity (Wildman–Crippen MR) is 94.9 cm³/mol. The molecule has 2 N–H and O–H groups in total. The van der Waals surface area contributed by atoms with E-state index in [0.29, 0.717) is 32.4 Å². The highest BCUT2D eigenvalue weighted by Gasteiger charge is 2.23. The van der Waals surface area contributed by atoms with Crippen LogP contribution in [0.1, 0.15) is 11.6 Å². The molecule has 0 aromatic heterocycles. The van der Waals surface area contributed by atoms with Crippen molar-refractivity contribution >= 4 is 11.7 Å². The molecule has 0 bridgehead atoms. The molecule has 0 unspecified atom stereocenters. The fourth-order valence-electron chi connectivity index (χ4n) is 2.98. The molecule has 1 atom stereocenters. The number of hydrogen-bond acceptors (Lipinski definition) is 3. The molecule has 3 rings (SSSR count). The van der Waals surface area contributed by atoms with Crippen LogP contribution >= 0.6 is 0 Å². The summed E-state index contributed by atoms with van der Waals surface area (Å²) in [6.07, 6.45) is 0. The molecular formula is C19H20F3N3O2. The van der Waals surface area contributed by atoms with Gasteiger partial charge in [-0.1, -0.05) is 12.1 Å². The second-order valence-corrected chi connectivity index (χ2v) is 6.17. The van der Waals surface area contributed by atoms with Gasteiger partial charge in [-0.2, -0.15) is 0 Å². The van der Waals surface area contributed by atoms with Crippen molar-refractivity contribution in [1.82, 2.24) is 10.2 Å². The Morgan fingerprint density at radius 1 is 1.04 bits per heavy atom. The van der Waals surface area contributed by atoms with Gasteiger partial charge in [-0.05, 0) is 29.8 Å². The van der Waals surface area contributed by atoms with Gasteiger partial charge in [0.2, 0.25) is 0 Å². The van der Waals surface area contributed by atoms with Crippen molar-refractivity contribution in [3.05, 3.63) is 65.5 Å². The number of rotatable bonds is 5. The molecule has 0 aliphatic carbocycles. The molecular weight excluding hydrogens is 359 g/mol. The van der Waals surface area contributed by atoms with Gasteiger partial charge in [0.05, 0.1) is 24.9 Å². The topological polar surface area (TPSA) is 53.6 Å². The number of urea groups is 1. The van der Waals surface area contributed by atoms with E-state index in [2.05, 4.69) is 15.5 Å². The molecule has 1 fully saturated rings. The van der Waals surface area contributed by atoms with Crippen molar-refractivity contribution in [2.24, 2.45) is 0 Å². The summed E-state index contributed by atoms with van der Waals surface area (Å²) in [6, 6.07) is 8.22. The van der Waals surface area contributed by atoms with Crippen molar-refractivity contribution in [2.75, 3.05) is 38.2 Å². The highest BCUT2D eigenvalue weighted by atomic mass is 19.1. The van der Waals surface area contributed by atoms with E-state index in [9.17, 15) is 18.0 Å². The quantitative estimate of drug-likeness (QED) is 0.838. The molecule has 1 heterocycles. The van der Waals surface area contributed by atoms with Gasteiger partial charge in [-0.15, -0.1) is 0 Å². The summed E-state index contributed by atoms with van der Waals surface area (Å²) in [5.74, 6) is -1.91. The summed E-state index contributed by atoms with van der Waals surface area (Å²) < 4.78 is 45.2.